The first-order valence-electron chi connectivity index (χ1n) is 7.83. The number of carbonyl (C=O) groups is 1. The predicted octanol–water partition coefficient (Wildman–Crippen LogP) is 1.73. The Morgan fingerprint density at radius 1 is 1.19 bits per heavy atom. The zero-order valence-electron chi connectivity index (χ0n) is 12.7. The van der Waals surface area contributed by atoms with Crippen LogP contribution < -0.4 is 4.72 Å². The van der Waals surface area contributed by atoms with Gasteiger partial charge in [-0.05, 0) is 25.7 Å². The van der Waals surface area contributed by atoms with Gasteiger partial charge in [0.2, 0.25) is 0 Å². The largest absolute Gasteiger partial charge is 0.481 e. The van der Waals surface area contributed by atoms with E-state index in [1.54, 1.807) is 7.05 Å². The van der Waals surface area contributed by atoms with Crippen LogP contribution >= 0.6 is 0 Å². The summed E-state index contributed by atoms with van der Waals surface area (Å²) in [5.74, 6) is -0.886. The molecule has 0 atom stereocenters. The van der Waals surface area contributed by atoms with E-state index in [1.165, 1.54) is 10.7 Å². The molecule has 0 aromatic rings. The highest BCUT2D eigenvalue weighted by Crippen LogP contribution is 2.38. The third-order valence-corrected chi connectivity index (χ3v) is 6.64. The first-order chi connectivity index (χ1) is 9.87. The van der Waals surface area contributed by atoms with Crippen molar-refractivity contribution in [3.8, 4) is 0 Å². The lowest BCUT2D eigenvalue weighted by molar-refractivity contribution is -0.148. The van der Waals surface area contributed by atoms with Crippen LogP contribution in [0.25, 0.3) is 0 Å². The Labute approximate surface area is 127 Å². The van der Waals surface area contributed by atoms with Crippen molar-refractivity contribution < 1.29 is 18.3 Å². The van der Waals surface area contributed by atoms with Crippen LogP contribution in [0.1, 0.15) is 57.8 Å². The van der Waals surface area contributed by atoms with Gasteiger partial charge < -0.3 is 5.11 Å². The third kappa shape index (κ3) is 3.76. The molecule has 0 amide bonds. The summed E-state index contributed by atoms with van der Waals surface area (Å²) >= 11 is 0. The topological polar surface area (TPSA) is 86.7 Å². The normalized spacial score (nSPS) is 23.5. The van der Waals surface area contributed by atoms with E-state index >= 15 is 0 Å². The molecule has 0 aromatic heterocycles. The second-order valence-electron chi connectivity index (χ2n) is 6.43. The van der Waals surface area contributed by atoms with Crippen molar-refractivity contribution in [1.29, 1.82) is 0 Å². The van der Waals surface area contributed by atoms with Gasteiger partial charge in [-0.15, -0.1) is 0 Å². The smallest absolute Gasteiger partial charge is 0.310 e. The van der Waals surface area contributed by atoms with Crippen LogP contribution in [0.5, 0.6) is 0 Å². The standard InChI is InChI=1S/C14H26N2O4S/c1-16(12-7-3-2-4-8-12)21(19,20)15-11-14(13(17)18)9-5-6-10-14/h12,15H,2-11H2,1H3,(H,17,18). The van der Waals surface area contributed by atoms with Gasteiger partial charge in [-0.25, -0.2) is 4.72 Å². The van der Waals surface area contributed by atoms with Gasteiger partial charge in [-0.3, -0.25) is 4.79 Å². The summed E-state index contributed by atoms with van der Waals surface area (Å²) < 4.78 is 28.7. The minimum atomic E-state index is -3.60. The molecule has 6 nitrogen and oxygen atoms in total. The summed E-state index contributed by atoms with van der Waals surface area (Å²) in [7, 11) is -2.00. The van der Waals surface area contributed by atoms with Gasteiger partial charge >= 0.3 is 5.97 Å². The summed E-state index contributed by atoms with van der Waals surface area (Å²) in [5.41, 5.74) is -0.916. The minimum absolute atomic E-state index is 0.00171. The molecule has 2 saturated carbocycles. The van der Waals surface area contributed by atoms with Crippen LogP contribution in [0.15, 0.2) is 0 Å². The fourth-order valence-electron chi connectivity index (χ4n) is 3.49. The molecule has 2 aliphatic carbocycles. The van der Waals surface area contributed by atoms with Gasteiger partial charge in [-0.1, -0.05) is 32.1 Å². The lowest BCUT2D eigenvalue weighted by atomic mass is 9.87. The second-order valence-corrected chi connectivity index (χ2v) is 8.24. The second kappa shape index (κ2) is 6.62. The quantitative estimate of drug-likeness (QED) is 0.781. The van der Waals surface area contributed by atoms with Crippen molar-refractivity contribution in [1.82, 2.24) is 9.03 Å². The highest BCUT2D eigenvalue weighted by Gasteiger charge is 2.42. The molecule has 2 N–H and O–H groups in total. The Hall–Kier alpha value is -0.660. The van der Waals surface area contributed by atoms with Crippen molar-refractivity contribution in [2.75, 3.05) is 13.6 Å². The summed E-state index contributed by atoms with van der Waals surface area (Å²) in [6, 6.07) is 0.0422. The van der Waals surface area contributed by atoms with Crippen LogP contribution in [0.4, 0.5) is 0 Å². The molecule has 2 aliphatic rings. The molecule has 0 aromatic carbocycles. The minimum Gasteiger partial charge on any atom is -0.481 e. The van der Waals surface area contributed by atoms with Crippen LogP contribution in [0.3, 0.4) is 0 Å². The average molecular weight is 318 g/mol. The highest BCUT2D eigenvalue weighted by atomic mass is 32.2. The van der Waals surface area contributed by atoms with Gasteiger partial charge in [-0.2, -0.15) is 12.7 Å². The molecule has 2 rings (SSSR count). The Bertz CT molecular complexity index is 465. The highest BCUT2D eigenvalue weighted by molar-refractivity contribution is 7.87. The summed E-state index contributed by atoms with van der Waals surface area (Å²) in [6.07, 6.45) is 7.88. The van der Waals surface area contributed by atoms with E-state index in [4.69, 9.17) is 0 Å². The van der Waals surface area contributed by atoms with Crippen molar-refractivity contribution in [3.05, 3.63) is 0 Å². The molecule has 21 heavy (non-hydrogen) atoms. The average Bonchev–Trinajstić information content (AvgIpc) is 2.96. The number of hydrogen-bond acceptors (Lipinski definition) is 3. The molecular formula is C14H26N2O4S. The van der Waals surface area contributed by atoms with Crippen LogP contribution in [0, 0.1) is 5.41 Å². The van der Waals surface area contributed by atoms with Crippen molar-refractivity contribution in [2.45, 2.75) is 63.8 Å². The maximum absolute atomic E-state index is 12.4. The SMILES string of the molecule is CN(C1CCCCC1)S(=O)(=O)NCC1(C(=O)O)CCCC1. The molecule has 0 bridgehead atoms. The fourth-order valence-corrected chi connectivity index (χ4v) is 4.76. The Kier molecular flexibility index (Phi) is 5.27. The number of carboxylic acid groups (broad SMARTS) is 1. The Morgan fingerprint density at radius 3 is 2.29 bits per heavy atom. The van der Waals surface area contributed by atoms with Crippen LogP contribution in [-0.4, -0.2) is 43.4 Å². The number of hydrogen-bond donors (Lipinski definition) is 2. The zero-order chi connectivity index (χ0) is 15.5. The van der Waals surface area contributed by atoms with E-state index in [0.29, 0.717) is 12.8 Å². The van der Waals surface area contributed by atoms with Crippen molar-refractivity contribution >= 4 is 16.2 Å². The van der Waals surface area contributed by atoms with Gasteiger partial charge in [0.1, 0.15) is 0 Å². The molecule has 7 heteroatoms. The van der Waals surface area contributed by atoms with Gasteiger partial charge in [0.15, 0.2) is 0 Å². The maximum atomic E-state index is 12.4. The van der Waals surface area contributed by atoms with Crippen LogP contribution in [-0.2, 0) is 15.0 Å². The zero-order valence-corrected chi connectivity index (χ0v) is 13.5. The molecule has 2 fully saturated rings. The molecule has 0 saturated heterocycles. The van der Waals surface area contributed by atoms with Crippen molar-refractivity contribution in [2.24, 2.45) is 5.41 Å². The van der Waals surface area contributed by atoms with E-state index in [0.717, 1.165) is 38.5 Å². The molecule has 0 heterocycles. The summed E-state index contributed by atoms with van der Waals surface area (Å²) in [5, 5.41) is 9.40. The fraction of sp³-hybridized carbons (Fsp3) is 0.929. The first-order valence-corrected chi connectivity index (χ1v) is 9.27. The Balaban J connectivity index is 1.98. The number of nitrogens with one attached hydrogen (secondary N) is 1. The maximum Gasteiger partial charge on any atom is 0.310 e. The lowest BCUT2D eigenvalue weighted by Crippen LogP contribution is -2.49. The van der Waals surface area contributed by atoms with E-state index in [1.807, 2.05) is 0 Å². The molecule has 0 radical (unpaired) electrons. The molecule has 0 unspecified atom stereocenters. The lowest BCUT2D eigenvalue weighted by Gasteiger charge is -2.32. The number of rotatable bonds is 6. The van der Waals surface area contributed by atoms with E-state index < -0.39 is 21.6 Å². The van der Waals surface area contributed by atoms with E-state index in [-0.39, 0.29) is 12.6 Å². The number of carboxylic acids is 1. The van der Waals surface area contributed by atoms with Crippen LogP contribution in [0.2, 0.25) is 0 Å². The number of nitrogens with zero attached hydrogens (tertiary/aromatic N) is 1. The van der Waals surface area contributed by atoms with E-state index in [9.17, 15) is 18.3 Å². The molecular weight excluding hydrogens is 292 g/mol. The van der Waals surface area contributed by atoms with Gasteiger partial charge in [0, 0.05) is 19.6 Å². The van der Waals surface area contributed by atoms with Gasteiger partial charge in [0.05, 0.1) is 5.41 Å². The molecule has 0 aliphatic heterocycles. The molecule has 0 spiro atoms. The van der Waals surface area contributed by atoms with Crippen molar-refractivity contribution in [3.63, 3.8) is 0 Å². The van der Waals surface area contributed by atoms with Gasteiger partial charge in [0.25, 0.3) is 10.2 Å². The monoisotopic (exact) mass is 318 g/mol. The summed E-state index contributed by atoms with van der Waals surface area (Å²) in [6.45, 7) is 0.00171. The first kappa shape index (κ1) is 16.7. The third-order valence-electron chi connectivity index (χ3n) is 5.08. The number of aliphatic carboxylic acids is 1. The van der Waals surface area contributed by atoms with E-state index in [2.05, 4.69) is 4.72 Å². The summed E-state index contributed by atoms with van der Waals surface area (Å²) in [4.78, 5) is 11.5. The Morgan fingerprint density at radius 2 is 1.76 bits per heavy atom. The molecule has 122 valence electrons. The predicted molar refractivity (Wildman–Crippen MR) is 80.1 cm³/mol.